The molecule has 2 fully saturated rings. The van der Waals surface area contributed by atoms with E-state index in [1.807, 2.05) is 18.2 Å². The van der Waals surface area contributed by atoms with E-state index in [1.54, 1.807) is 31.4 Å². The van der Waals surface area contributed by atoms with Gasteiger partial charge in [-0.1, -0.05) is 85.7 Å². The molecule has 3 aliphatic carbocycles. The summed E-state index contributed by atoms with van der Waals surface area (Å²) in [4.78, 5) is 0. The smallest absolute Gasteiger partial charge is 0.164 e. The molecule has 12 heteroatoms. The van der Waals surface area contributed by atoms with Gasteiger partial charge in [-0.3, -0.25) is 5.32 Å². The third-order valence-electron chi connectivity index (χ3n) is 19.9. The van der Waals surface area contributed by atoms with Crippen LogP contribution < -0.4 is 15.4 Å². The van der Waals surface area contributed by atoms with Crippen LogP contribution >= 0.6 is 0 Å². The van der Waals surface area contributed by atoms with Gasteiger partial charge in [0.2, 0.25) is 0 Å². The number of benzene rings is 5. The van der Waals surface area contributed by atoms with Crippen LogP contribution in [-0.2, 0) is 64.9 Å². The van der Waals surface area contributed by atoms with Crippen molar-refractivity contribution in [2.24, 2.45) is 17.8 Å². The van der Waals surface area contributed by atoms with Gasteiger partial charge in [0, 0.05) is 77.3 Å². The van der Waals surface area contributed by atoms with Gasteiger partial charge in [0.1, 0.15) is 30.1 Å². The summed E-state index contributed by atoms with van der Waals surface area (Å²) in [5, 5.41) is 65.7. The van der Waals surface area contributed by atoms with Crippen LogP contribution in [0.4, 0.5) is 0 Å². The predicted octanol–water partition coefficient (Wildman–Crippen LogP) is 11.3. The molecule has 6 aromatic rings. The number of aromatic nitrogens is 1. The van der Waals surface area contributed by atoms with E-state index in [9.17, 15) is 25.5 Å². The van der Waals surface area contributed by atoms with Gasteiger partial charge >= 0.3 is 0 Å². The Hall–Kier alpha value is -6.56. The minimum atomic E-state index is -0.674. The van der Waals surface area contributed by atoms with Crippen LogP contribution in [0.1, 0.15) is 139 Å². The Kier molecular flexibility index (Phi) is 15.5. The van der Waals surface area contributed by atoms with E-state index in [2.05, 4.69) is 88.0 Å². The molecule has 0 amide bonds. The van der Waals surface area contributed by atoms with Crippen LogP contribution in [0.3, 0.4) is 0 Å². The molecule has 5 aliphatic heterocycles. The largest absolute Gasteiger partial charge is 0.508 e. The van der Waals surface area contributed by atoms with E-state index in [1.165, 1.54) is 36.0 Å². The number of phenols is 3. The van der Waals surface area contributed by atoms with Crippen LogP contribution in [0.5, 0.6) is 23.0 Å². The first-order valence-electron chi connectivity index (χ1n) is 30.4. The summed E-state index contributed by atoms with van der Waals surface area (Å²) in [6.07, 6.45) is 20.9. The van der Waals surface area contributed by atoms with Crippen molar-refractivity contribution in [2.75, 3.05) is 27.1 Å². The first-order valence-corrected chi connectivity index (χ1v) is 30.4. The number of aliphatic hydroxyl groups is 2. The third-order valence-corrected chi connectivity index (χ3v) is 19.9. The lowest BCUT2D eigenvalue weighted by Gasteiger charge is -2.59. The SMILES string of the molecule is COCNC1C=C2C#CC(CCc3ccc(O)c(Cc4cccc(O)c4)c3)CCCC3CC(O)C4CCc5c(c(CO)cc(O)c5OCc5cc(C67CCOC8(CCCCC8)C6CCc6ccccc67)cc6cn(cc56)C(=C2CO3)N1)C4. The average molecular weight is 1110 g/mol. The number of nitrogens with one attached hydrogen (secondary N) is 2. The highest BCUT2D eigenvalue weighted by Crippen LogP contribution is 2.60. The summed E-state index contributed by atoms with van der Waals surface area (Å²) < 4.78 is 29.1. The van der Waals surface area contributed by atoms with Gasteiger partial charge < -0.3 is 54.4 Å². The maximum Gasteiger partial charge on any atom is 0.164 e. The first-order chi connectivity index (χ1) is 40.1. The number of aliphatic hydroxyl groups excluding tert-OH is 2. The van der Waals surface area contributed by atoms with Gasteiger partial charge in [-0.2, -0.15) is 0 Å². The summed E-state index contributed by atoms with van der Waals surface area (Å²) in [7, 11) is 1.69. The molecule has 1 saturated carbocycles. The zero-order chi connectivity index (χ0) is 56.0. The normalized spacial score (nSPS) is 25.9. The monoisotopic (exact) mass is 1110 g/mol. The van der Waals surface area contributed by atoms with Crippen LogP contribution in [0.2, 0.25) is 0 Å². The Balaban J connectivity index is 0.950. The number of ether oxygens (including phenoxy) is 4. The van der Waals surface area contributed by atoms with Gasteiger partial charge in [0.05, 0.1) is 37.8 Å². The molecule has 14 rings (SSSR count). The van der Waals surface area contributed by atoms with Crippen LogP contribution in [0.15, 0.2) is 115 Å². The van der Waals surface area contributed by atoms with Crippen molar-refractivity contribution in [1.29, 1.82) is 0 Å². The molecule has 7 N–H and O–H groups in total. The van der Waals surface area contributed by atoms with Crippen LogP contribution in [0.25, 0.3) is 16.6 Å². The molecule has 82 heavy (non-hydrogen) atoms. The number of dihydropyridines is 1. The third kappa shape index (κ3) is 10.5. The molecule has 8 bridgehead atoms. The number of rotatable bonds is 10. The summed E-state index contributed by atoms with van der Waals surface area (Å²) in [5.41, 5.74) is 11.8. The van der Waals surface area contributed by atoms with E-state index >= 15 is 0 Å². The molecular formula is C70H79N3O9. The Morgan fingerprint density at radius 2 is 1.71 bits per heavy atom. The summed E-state index contributed by atoms with van der Waals surface area (Å²) in [5.74, 6) is 9.54. The number of fused-ring (bicyclic) bond motifs is 7. The fourth-order valence-corrected chi connectivity index (χ4v) is 15.8. The molecule has 7 atom stereocenters. The number of methoxy groups -OCH3 is 1. The molecule has 8 aliphatic rings. The van der Waals surface area contributed by atoms with Crippen molar-refractivity contribution in [2.45, 2.75) is 158 Å². The number of aromatic hydroxyl groups is 3. The molecule has 5 aromatic carbocycles. The second kappa shape index (κ2) is 23.2. The van der Waals surface area contributed by atoms with Crippen molar-refractivity contribution in [3.05, 3.63) is 170 Å². The van der Waals surface area contributed by atoms with Crippen molar-refractivity contribution in [1.82, 2.24) is 15.2 Å². The maximum absolute atomic E-state index is 12.4. The van der Waals surface area contributed by atoms with Crippen LogP contribution in [-0.4, -0.2) is 81.1 Å². The summed E-state index contributed by atoms with van der Waals surface area (Å²) >= 11 is 0. The van der Waals surface area contributed by atoms with Crippen molar-refractivity contribution in [3.63, 3.8) is 0 Å². The molecular weight excluding hydrogens is 1030 g/mol. The van der Waals surface area contributed by atoms with Crippen molar-refractivity contribution >= 4 is 16.6 Å². The zero-order valence-electron chi connectivity index (χ0n) is 47.4. The Bertz CT molecular complexity index is 3480. The molecule has 6 heterocycles. The highest BCUT2D eigenvalue weighted by Gasteiger charge is 2.58. The molecule has 1 saturated heterocycles. The quantitative estimate of drug-likeness (QED) is 0.0515. The second-order valence-corrected chi connectivity index (χ2v) is 24.7. The second-order valence-electron chi connectivity index (χ2n) is 24.7. The highest BCUT2D eigenvalue weighted by atomic mass is 16.5. The lowest BCUT2D eigenvalue weighted by molar-refractivity contribution is -0.166. The Labute approximate surface area is 482 Å². The number of hydrogen-bond donors (Lipinski definition) is 7. The Morgan fingerprint density at radius 3 is 2.57 bits per heavy atom. The number of hydrogen-bond acceptors (Lipinski definition) is 11. The van der Waals surface area contributed by atoms with Crippen molar-refractivity contribution in [3.8, 4) is 34.8 Å². The minimum Gasteiger partial charge on any atom is -0.508 e. The van der Waals surface area contributed by atoms with Gasteiger partial charge in [-0.05, 0) is 182 Å². The first kappa shape index (κ1) is 54.7. The number of nitrogens with zero attached hydrogens (tertiary/aromatic N) is 1. The fourth-order valence-electron chi connectivity index (χ4n) is 15.8. The van der Waals surface area contributed by atoms with E-state index in [0.717, 1.165) is 125 Å². The van der Waals surface area contributed by atoms with E-state index in [4.69, 9.17) is 18.9 Å². The minimum absolute atomic E-state index is 0.0241. The van der Waals surface area contributed by atoms with Crippen LogP contribution in [0, 0.1) is 29.6 Å². The molecule has 1 spiro atoms. The topological polar surface area (TPSA) is 167 Å². The zero-order valence-corrected chi connectivity index (χ0v) is 47.4. The molecule has 428 valence electrons. The van der Waals surface area contributed by atoms with Gasteiger partial charge in [0.15, 0.2) is 11.5 Å². The molecule has 12 nitrogen and oxygen atoms in total. The van der Waals surface area contributed by atoms with E-state index in [-0.39, 0.29) is 78.1 Å². The predicted molar refractivity (Wildman–Crippen MR) is 317 cm³/mol. The van der Waals surface area contributed by atoms with E-state index < -0.39 is 6.10 Å². The maximum atomic E-state index is 12.4. The highest BCUT2D eigenvalue weighted by molar-refractivity contribution is 5.89. The van der Waals surface area contributed by atoms with Crippen molar-refractivity contribution < 1.29 is 44.5 Å². The summed E-state index contributed by atoms with van der Waals surface area (Å²) in [6.45, 7) is 1.24. The molecule has 1 aromatic heterocycles. The molecule has 0 radical (unpaired) electrons. The Morgan fingerprint density at radius 1 is 0.817 bits per heavy atom. The standard InChI is InChI=1S/C70H79N3O9/c1-79-43-71-66-36-48-19-17-44(15-16-45-18-23-62(76)50(29-45)30-46-10-7-12-55(75)31-46)9-8-13-56-37-63(77)49-20-22-57-58(34-49)52(40-74)35-64(78)67(57)81-41-53-33-54(32-51-38-73(39-59(51)53)68(72-66)60(48)42-80-56)70-27-28-82-69(25-5-2-6-26-69)65(70)24-21-47-11-3-4-14-61(47)70/h3-4,7,10-12,14,18,23,29,31-33,35-36,38-39,44,49,56,63,65-66,71-72,74-78H,2,5-6,8-9,13,15-16,20-22,24-28,30,34,37,40-43H2,1H3. The lowest BCUT2D eigenvalue weighted by Crippen LogP contribution is -2.59. The fraction of sp³-hybridized carbons (Fsp3) is 0.457. The molecule has 7 unspecified atom stereocenters. The van der Waals surface area contributed by atoms with E-state index in [0.29, 0.717) is 56.8 Å². The van der Waals surface area contributed by atoms with Gasteiger partial charge in [0.25, 0.3) is 0 Å². The number of phenolic OH excluding ortho intramolecular Hbond substituents is 3. The lowest BCUT2D eigenvalue weighted by atomic mass is 9.51. The average Bonchev–Trinajstić information content (AvgIpc) is 3.81. The van der Waals surface area contributed by atoms with Gasteiger partial charge in [-0.15, -0.1) is 0 Å². The summed E-state index contributed by atoms with van der Waals surface area (Å²) in [6, 6.07) is 28.7. The number of aryl methyl sites for hydroxylation is 2. The van der Waals surface area contributed by atoms with Gasteiger partial charge in [-0.25, -0.2) is 0 Å².